The molecule has 0 aliphatic carbocycles. The van der Waals surface area contributed by atoms with Gasteiger partial charge in [-0.2, -0.15) is 0 Å². The normalized spacial score (nSPS) is 22.8. The third kappa shape index (κ3) is 2.44. The molecular weight excluding hydrogens is 214 g/mol. The van der Waals surface area contributed by atoms with E-state index in [1.807, 2.05) is 11.8 Å². The van der Waals surface area contributed by atoms with Crippen molar-refractivity contribution in [3.8, 4) is 0 Å². The quantitative estimate of drug-likeness (QED) is 0.850. The molecule has 0 radical (unpaired) electrons. The second-order valence-corrected chi connectivity index (χ2v) is 5.80. The molecule has 2 rings (SSSR count). The first-order valence-corrected chi connectivity index (χ1v) is 7.18. The molecule has 3 unspecified atom stereocenters. The van der Waals surface area contributed by atoms with Gasteiger partial charge in [0.25, 0.3) is 0 Å². The SMILES string of the molecule is CCC(C)C(C)NC1CSc2ccccc21. The first-order chi connectivity index (χ1) is 7.72. The Morgan fingerprint density at radius 3 is 2.88 bits per heavy atom. The van der Waals surface area contributed by atoms with Gasteiger partial charge in [0.2, 0.25) is 0 Å². The van der Waals surface area contributed by atoms with E-state index in [-0.39, 0.29) is 0 Å². The molecule has 0 spiro atoms. The van der Waals surface area contributed by atoms with Crippen LogP contribution in [0, 0.1) is 5.92 Å². The predicted octanol–water partition coefficient (Wildman–Crippen LogP) is 3.86. The van der Waals surface area contributed by atoms with Gasteiger partial charge in [0.05, 0.1) is 0 Å². The Bertz CT molecular complexity index is 350. The standard InChI is InChI=1S/C14H21NS/c1-4-10(2)11(3)15-13-9-16-14-8-6-5-7-12(13)14/h5-8,10-11,13,15H,4,9H2,1-3H3. The van der Waals surface area contributed by atoms with Gasteiger partial charge in [0, 0.05) is 22.7 Å². The molecule has 0 bridgehead atoms. The summed E-state index contributed by atoms with van der Waals surface area (Å²) >= 11 is 1.97. The molecule has 16 heavy (non-hydrogen) atoms. The lowest BCUT2D eigenvalue weighted by molar-refractivity contribution is 0.363. The van der Waals surface area contributed by atoms with Gasteiger partial charge in [0.15, 0.2) is 0 Å². The van der Waals surface area contributed by atoms with Crippen LogP contribution in [0.15, 0.2) is 29.2 Å². The van der Waals surface area contributed by atoms with Crippen molar-refractivity contribution in [1.29, 1.82) is 0 Å². The number of benzene rings is 1. The van der Waals surface area contributed by atoms with Crippen molar-refractivity contribution in [1.82, 2.24) is 5.32 Å². The van der Waals surface area contributed by atoms with Crippen LogP contribution in [0.5, 0.6) is 0 Å². The number of nitrogens with one attached hydrogen (secondary N) is 1. The second kappa shape index (κ2) is 5.24. The Morgan fingerprint density at radius 1 is 1.38 bits per heavy atom. The van der Waals surface area contributed by atoms with Gasteiger partial charge in [-0.15, -0.1) is 11.8 Å². The highest BCUT2D eigenvalue weighted by molar-refractivity contribution is 7.99. The molecule has 0 amide bonds. The van der Waals surface area contributed by atoms with Gasteiger partial charge < -0.3 is 5.32 Å². The lowest BCUT2D eigenvalue weighted by atomic mass is 9.99. The highest BCUT2D eigenvalue weighted by atomic mass is 32.2. The van der Waals surface area contributed by atoms with E-state index < -0.39 is 0 Å². The maximum Gasteiger partial charge on any atom is 0.0428 e. The van der Waals surface area contributed by atoms with Crippen molar-refractivity contribution in [2.75, 3.05) is 5.75 Å². The Hall–Kier alpha value is -0.470. The van der Waals surface area contributed by atoms with E-state index in [0.29, 0.717) is 12.1 Å². The fraction of sp³-hybridized carbons (Fsp3) is 0.571. The monoisotopic (exact) mass is 235 g/mol. The van der Waals surface area contributed by atoms with E-state index in [0.717, 1.165) is 5.92 Å². The molecule has 1 aromatic rings. The minimum Gasteiger partial charge on any atom is -0.306 e. The molecule has 0 saturated carbocycles. The Balaban J connectivity index is 2.03. The van der Waals surface area contributed by atoms with E-state index in [1.54, 1.807) is 0 Å². The third-order valence-electron chi connectivity index (χ3n) is 3.66. The van der Waals surface area contributed by atoms with Gasteiger partial charge in [-0.25, -0.2) is 0 Å². The summed E-state index contributed by atoms with van der Waals surface area (Å²) in [4.78, 5) is 1.45. The van der Waals surface area contributed by atoms with Crippen LogP contribution < -0.4 is 5.32 Å². The van der Waals surface area contributed by atoms with Crippen molar-refractivity contribution in [2.24, 2.45) is 5.92 Å². The Morgan fingerprint density at radius 2 is 2.12 bits per heavy atom. The average Bonchev–Trinajstić information content (AvgIpc) is 2.72. The van der Waals surface area contributed by atoms with Crippen LogP contribution in [-0.2, 0) is 0 Å². The molecular formula is C14H21NS. The van der Waals surface area contributed by atoms with Crippen LogP contribution in [0.1, 0.15) is 38.8 Å². The van der Waals surface area contributed by atoms with Crippen molar-refractivity contribution >= 4 is 11.8 Å². The number of hydrogen-bond donors (Lipinski definition) is 1. The molecule has 1 aromatic carbocycles. The maximum absolute atomic E-state index is 3.76. The Labute approximate surface area is 103 Å². The molecule has 3 atom stereocenters. The molecule has 1 N–H and O–H groups in total. The number of fused-ring (bicyclic) bond motifs is 1. The fourth-order valence-electron chi connectivity index (χ4n) is 2.14. The van der Waals surface area contributed by atoms with E-state index in [1.165, 1.54) is 22.6 Å². The maximum atomic E-state index is 3.76. The topological polar surface area (TPSA) is 12.0 Å². The fourth-order valence-corrected chi connectivity index (χ4v) is 3.31. The van der Waals surface area contributed by atoms with E-state index in [4.69, 9.17) is 0 Å². The van der Waals surface area contributed by atoms with Crippen LogP contribution in [-0.4, -0.2) is 11.8 Å². The largest absolute Gasteiger partial charge is 0.306 e. The van der Waals surface area contributed by atoms with E-state index in [2.05, 4.69) is 50.4 Å². The highest BCUT2D eigenvalue weighted by Gasteiger charge is 2.24. The number of rotatable bonds is 4. The average molecular weight is 235 g/mol. The first kappa shape index (κ1) is 12.0. The van der Waals surface area contributed by atoms with Crippen LogP contribution in [0.3, 0.4) is 0 Å². The van der Waals surface area contributed by atoms with Crippen molar-refractivity contribution in [3.05, 3.63) is 29.8 Å². The van der Waals surface area contributed by atoms with Crippen molar-refractivity contribution in [3.63, 3.8) is 0 Å². The summed E-state index contributed by atoms with van der Waals surface area (Å²) in [6.45, 7) is 6.89. The lowest BCUT2D eigenvalue weighted by Gasteiger charge is -2.24. The molecule has 0 aromatic heterocycles. The Kier molecular flexibility index (Phi) is 3.93. The molecule has 1 nitrogen and oxygen atoms in total. The predicted molar refractivity (Wildman–Crippen MR) is 72.0 cm³/mol. The minimum absolute atomic E-state index is 0.546. The number of thioether (sulfide) groups is 1. The summed E-state index contributed by atoms with van der Waals surface area (Å²) in [6.07, 6.45) is 1.25. The zero-order valence-electron chi connectivity index (χ0n) is 10.4. The van der Waals surface area contributed by atoms with Crippen LogP contribution in [0.4, 0.5) is 0 Å². The molecule has 0 saturated heterocycles. The van der Waals surface area contributed by atoms with Crippen LogP contribution in [0.2, 0.25) is 0 Å². The molecule has 1 heterocycles. The zero-order chi connectivity index (χ0) is 11.5. The van der Waals surface area contributed by atoms with Gasteiger partial charge in [-0.05, 0) is 24.5 Å². The molecule has 1 aliphatic rings. The van der Waals surface area contributed by atoms with Gasteiger partial charge in [-0.1, -0.05) is 38.5 Å². The highest BCUT2D eigenvalue weighted by Crippen LogP contribution is 2.38. The molecule has 2 heteroatoms. The number of hydrogen-bond acceptors (Lipinski definition) is 2. The third-order valence-corrected chi connectivity index (χ3v) is 4.84. The summed E-state index contributed by atoms with van der Waals surface area (Å²) in [7, 11) is 0. The molecule has 0 fully saturated rings. The van der Waals surface area contributed by atoms with E-state index >= 15 is 0 Å². The summed E-state index contributed by atoms with van der Waals surface area (Å²) in [5, 5.41) is 3.76. The van der Waals surface area contributed by atoms with Crippen LogP contribution in [0.25, 0.3) is 0 Å². The molecule has 1 aliphatic heterocycles. The smallest absolute Gasteiger partial charge is 0.0428 e. The van der Waals surface area contributed by atoms with Gasteiger partial charge in [-0.3, -0.25) is 0 Å². The first-order valence-electron chi connectivity index (χ1n) is 6.20. The van der Waals surface area contributed by atoms with Crippen molar-refractivity contribution < 1.29 is 0 Å². The van der Waals surface area contributed by atoms with Crippen molar-refractivity contribution in [2.45, 2.75) is 44.2 Å². The summed E-state index contributed by atoms with van der Waals surface area (Å²) in [5.41, 5.74) is 1.49. The zero-order valence-corrected chi connectivity index (χ0v) is 11.2. The van der Waals surface area contributed by atoms with Crippen LogP contribution >= 0.6 is 11.8 Å². The van der Waals surface area contributed by atoms with Gasteiger partial charge in [0.1, 0.15) is 0 Å². The lowest BCUT2D eigenvalue weighted by Crippen LogP contribution is -2.35. The summed E-state index contributed by atoms with van der Waals surface area (Å²) < 4.78 is 0. The molecule has 88 valence electrons. The summed E-state index contributed by atoms with van der Waals surface area (Å²) in [6, 6.07) is 9.91. The summed E-state index contributed by atoms with van der Waals surface area (Å²) in [5.74, 6) is 1.93. The minimum atomic E-state index is 0.546. The van der Waals surface area contributed by atoms with E-state index in [9.17, 15) is 0 Å². The second-order valence-electron chi connectivity index (χ2n) is 4.74. The van der Waals surface area contributed by atoms with Gasteiger partial charge >= 0.3 is 0 Å².